The van der Waals surface area contributed by atoms with Crippen molar-refractivity contribution in [3.8, 4) is 0 Å². The van der Waals surface area contributed by atoms with E-state index >= 15 is 0 Å². The van der Waals surface area contributed by atoms with Gasteiger partial charge in [-0.1, -0.05) is 0 Å². The van der Waals surface area contributed by atoms with Gasteiger partial charge in [-0.2, -0.15) is 0 Å². The van der Waals surface area contributed by atoms with Gasteiger partial charge in [0.1, 0.15) is 5.82 Å². The molecule has 0 saturated carbocycles. The first kappa shape index (κ1) is 12.6. The van der Waals surface area contributed by atoms with Gasteiger partial charge in [0.25, 0.3) is 0 Å². The SMILES string of the molecule is CN(C)c1cc(N2CCC(O)CC2)c(Br)cn1. The largest absolute Gasteiger partial charge is 0.393 e. The third-order valence-corrected chi connectivity index (χ3v) is 3.70. The summed E-state index contributed by atoms with van der Waals surface area (Å²) in [6.07, 6.45) is 3.38. The second-order valence-electron chi connectivity index (χ2n) is 4.61. The number of nitrogens with zero attached hydrogens (tertiary/aromatic N) is 3. The number of anilines is 2. The molecule has 2 rings (SSSR count). The van der Waals surface area contributed by atoms with E-state index in [1.807, 2.05) is 25.2 Å². The highest BCUT2D eigenvalue weighted by Gasteiger charge is 2.19. The van der Waals surface area contributed by atoms with Crippen LogP contribution in [0.1, 0.15) is 12.8 Å². The van der Waals surface area contributed by atoms with Crippen molar-refractivity contribution in [1.82, 2.24) is 4.98 Å². The van der Waals surface area contributed by atoms with Crippen molar-refractivity contribution >= 4 is 27.4 Å². The van der Waals surface area contributed by atoms with Crippen molar-refractivity contribution in [2.24, 2.45) is 0 Å². The zero-order chi connectivity index (χ0) is 12.4. The number of aromatic nitrogens is 1. The minimum atomic E-state index is -0.139. The fourth-order valence-electron chi connectivity index (χ4n) is 2.01. The summed E-state index contributed by atoms with van der Waals surface area (Å²) in [5, 5.41) is 9.53. The molecule has 0 radical (unpaired) electrons. The van der Waals surface area contributed by atoms with E-state index in [1.165, 1.54) is 0 Å². The minimum absolute atomic E-state index is 0.139. The Morgan fingerprint density at radius 3 is 2.65 bits per heavy atom. The third kappa shape index (κ3) is 2.90. The summed E-state index contributed by atoms with van der Waals surface area (Å²) in [6, 6.07) is 2.09. The molecule has 94 valence electrons. The van der Waals surface area contributed by atoms with E-state index < -0.39 is 0 Å². The van der Waals surface area contributed by atoms with Crippen molar-refractivity contribution in [1.29, 1.82) is 0 Å². The summed E-state index contributed by atoms with van der Waals surface area (Å²) in [5.74, 6) is 0.953. The summed E-state index contributed by atoms with van der Waals surface area (Å²) in [6.45, 7) is 1.80. The molecule has 0 spiro atoms. The van der Waals surface area contributed by atoms with Gasteiger partial charge in [0.05, 0.1) is 16.3 Å². The van der Waals surface area contributed by atoms with Crippen LogP contribution in [0, 0.1) is 0 Å². The molecule has 0 aliphatic carbocycles. The molecular weight excluding hydrogens is 282 g/mol. The molecule has 0 atom stereocenters. The number of aliphatic hydroxyl groups excluding tert-OH is 1. The van der Waals surface area contributed by atoms with Gasteiger partial charge in [0.2, 0.25) is 0 Å². The summed E-state index contributed by atoms with van der Waals surface area (Å²) in [7, 11) is 3.97. The molecule has 4 nitrogen and oxygen atoms in total. The van der Waals surface area contributed by atoms with Gasteiger partial charge in [-0.25, -0.2) is 4.98 Å². The van der Waals surface area contributed by atoms with E-state index in [-0.39, 0.29) is 6.10 Å². The lowest BCUT2D eigenvalue weighted by Gasteiger charge is -2.32. The molecular formula is C12H18BrN3O. The second-order valence-corrected chi connectivity index (χ2v) is 5.46. The second kappa shape index (κ2) is 5.23. The molecule has 0 aromatic carbocycles. The number of pyridine rings is 1. The fraction of sp³-hybridized carbons (Fsp3) is 0.583. The number of aliphatic hydroxyl groups is 1. The van der Waals surface area contributed by atoms with Gasteiger partial charge in [-0.3, -0.25) is 0 Å². The fourth-order valence-corrected chi connectivity index (χ4v) is 2.48. The van der Waals surface area contributed by atoms with E-state index in [0.29, 0.717) is 0 Å². The van der Waals surface area contributed by atoms with Crippen LogP contribution in [0.25, 0.3) is 0 Å². The molecule has 1 aliphatic heterocycles. The summed E-state index contributed by atoms with van der Waals surface area (Å²) < 4.78 is 1.01. The highest BCUT2D eigenvalue weighted by molar-refractivity contribution is 9.10. The quantitative estimate of drug-likeness (QED) is 0.905. The maximum absolute atomic E-state index is 9.53. The summed E-state index contributed by atoms with van der Waals surface area (Å²) >= 11 is 3.55. The zero-order valence-corrected chi connectivity index (χ0v) is 11.8. The summed E-state index contributed by atoms with van der Waals surface area (Å²) in [4.78, 5) is 8.64. The Bertz CT molecular complexity index is 389. The van der Waals surface area contributed by atoms with Crippen LogP contribution < -0.4 is 9.80 Å². The predicted octanol–water partition coefficient (Wildman–Crippen LogP) is 1.87. The first-order valence-electron chi connectivity index (χ1n) is 5.84. The maximum Gasteiger partial charge on any atom is 0.130 e. The van der Waals surface area contributed by atoms with Gasteiger partial charge in [0, 0.05) is 39.4 Å². The van der Waals surface area contributed by atoms with Crippen LogP contribution >= 0.6 is 15.9 Å². The molecule has 0 amide bonds. The standard InChI is InChI=1S/C12H18BrN3O/c1-15(2)12-7-11(10(13)8-14-12)16-5-3-9(17)4-6-16/h7-9,17H,3-6H2,1-2H3. The first-order valence-corrected chi connectivity index (χ1v) is 6.63. The van der Waals surface area contributed by atoms with Crippen LogP contribution in [-0.4, -0.2) is 43.4 Å². The number of hydrogen-bond donors (Lipinski definition) is 1. The van der Waals surface area contributed by atoms with E-state index in [2.05, 4.69) is 31.9 Å². The lowest BCUT2D eigenvalue weighted by atomic mass is 10.1. The van der Waals surface area contributed by atoms with Crippen molar-refractivity contribution in [2.45, 2.75) is 18.9 Å². The number of rotatable bonds is 2. The van der Waals surface area contributed by atoms with E-state index in [1.54, 1.807) is 0 Å². The third-order valence-electron chi connectivity index (χ3n) is 3.08. The van der Waals surface area contributed by atoms with Gasteiger partial charge in [0.15, 0.2) is 0 Å². The van der Waals surface area contributed by atoms with Crippen molar-refractivity contribution in [2.75, 3.05) is 37.0 Å². The Labute approximate surface area is 110 Å². The minimum Gasteiger partial charge on any atom is -0.393 e. The average Bonchev–Trinajstić information content (AvgIpc) is 2.31. The Kier molecular flexibility index (Phi) is 3.89. The van der Waals surface area contributed by atoms with Crippen LogP contribution in [-0.2, 0) is 0 Å². The normalized spacial score (nSPS) is 17.3. The van der Waals surface area contributed by atoms with Crippen molar-refractivity contribution in [3.05, 3.63) is 16.7 Å². The van der Waals surface area contributed by atoms with Crippen LogP contribution in [0.4, 0.5) is 11.5 Å². The number of hydrogen-bond acceptors (Lipinski definition) is 4. The van der Waals surface area contributed by atoms with Crippen LogP contribution in [0.5, 0.6) is 0 Å². The molecule has 0 bridgehead atoms. The van der Waals surface area contributed by atoms with Crippen LogP contribution in [0.3, 0.4) is 0 Å². The maximum atomic E-state index is 9.53. The molecule has 1 aromatic heterocycles. The Balaban J connectivity index is 2.22. The molecule has 1 fully saturated rings. The molecule has 2 heterocycles. The van der Waals surface area contributed by atoms with Crippen LogP contribution in [0.2, 0.25) is 0 Å². The zero-order valence-electron chi connectivity index (χ0n) is 10.2. The topological polar surface area (TPSA) is 39.6 Å². The van der Waals surface area contributed by atoms with Gasteiger partial charge >= 0.3 is 0 Å². The molecule has 1 aliphatic rings. The lowest BCUT2D eigenvalue weighted by molar-refractivity contribution is 0.145. The van der Waals surface area contributed by atoms with E-state index in [4.69, 9.17) is 0 Å². The van der Waals surface area contributed by atoms with E-state index in [0.717, 1.165) is 41.9 Å². The highest BCUT2D eigenvalue weighted by atomic mass is 79.9. The molecule has 0 unspecified atom stereocenters. The van der Waals surface area contributed by atoms with Gasteiger partial charge in [-0.05, 0) is 28.8 Å². The monoisotopic (exact) mass is 299 g/mol. The predicted molar refractivity (Wildman–Crippen MR) is 73.7 cm³/mol. The first-order chi connectivity index (χ1) is 8.08. The number of halogens is 1. The average molecular weight is 300 g/mol. The highest BCUT2D eigenvalue weighted by Crippen LogP contribution is 2.30. The smallest absolute Gasteiger partial charge is 0.130 e. The Morgan fingerprint density at radius 2 is 2.06 bits per heavy atom. The molecule has 1 aromatic rings. The van der Waals surface area contributed by atoms with Gasteiger partial charge in [-0.15, -0.1) is 0 Å². The van der Waals surface area contributed by atoms with E-state index in [9.17, 15) is 5.11 Å². The molecule has 1 saturated heterocycles. The van der Waals surface area contributed by atoms with Gasteiger partial charge < -0.3 is 14.9 Å². The molecule has 1 N–H and O–H groups in total. The Morgan fingerprint density at radius 1 is 1.41 bits per heavy atom. The van der Waals surface area contributed by atoms with Crippen molar-refractivity contribution < 1.29 is 5.11 Å². The lowest BCUT2D eigenvalue weighted by Crippen LogP contribution is -2.36. The molecule has 17 heavy (non-hydrogen) atoms. The van der Waals surface area contributed by atoms with Crippen molar-refractivity contribution in [3.63, 3.8) is 0 Å². The molecule has 5 heteroatoms. The Hall–Kier alpha value is -0.810. The van der Waals surface area contributed by atoms with Crippen LogP contribution in [0.15, 0.2) is 16.7 Å². The number of piperidine rings is 1. The summed E-state index contributed by atoms with van der Waals surface area (Å²) in [5.41, 5.74) is 1.16.